The molecule has 0 spiro atoms. The van der Waals surface area contributed by atoms with E-state index in [1.165, 1.54) is 0 Å². The summed E-state index contributed by atoms with van der Waals surface area (Å²) in [5.41, 5.74) is 1.70. The van der Waals surface area contributed by atoms with E-state index >= 15 is 0 Å². The summed E-state index contributed by atoms with van der Waals surface area (Å²) in [6, 6.07) is 5.54. The van der Waals surface area contributed by atoms with Gasteiger partial charge < -0.3 is 5.11 Å². The van der Waals surface area contributed by atoms with Crippen LogP contribution >= 0.6 is 15.9 Å². The van der Waals surface area contributed by atoms with Crippen LogP contribution in [-0.2, 0) is 6.42 Å². The zero-order chi connectivity index (χ0) is 9.42. The number of halogens is 1. The predicted octanol–water partition coefficient (Wildman–Crippen LogP) is 1.94. The molecule has 1 atom stereocenters. The topological polar surface area (TPSA) is 37.3 Å². The third-order valence-corrected chi connectivity index (χ3v) is 2.82. The second-order valence-electron chi connectivity index (χ2n) is 3.22. The molecule has 1 N–H and O–H groups in total. The molecule has 68 valence electrons. The number of aliphatic hydroxyl groups is 1. The average molecular weight is 241 g/mol. The normalized spacial score (nSPS) is 21.4. The largest absolute Gasteiger partial charge is 0.385 e. The van der Waals surface area contributed by atoms with Crippen molar-refractivity contribution in [3.63, 3.8) is 0 Å². The summed E-state index contributed by atoms with van der Waals surface area (Å²) in [6.45, 7) is 0. The number of rotatable bonds is 0. The molecule has 1 aliphatic carbocycles. The Hall–Kier alpha value is -0.670. The molecule has 2 nitrogen and oxygen atoms in total. The number of carbonyl (C=O) groups is 1. The maximum Gasteiger partial charge on any atom is 0.191 e. The van der Waals surface area contributed by atoms with Crippen molar-refractivity contribution in [1.29, 1.82) is 0 Å². The van der Waals surface area contributed by atoms with E-state index in [0.29, 0.717) is 12.0 Å². The highest BCUT2D eigenvalue weighted by molar-refractivity contribution is 9.10. The summed E-state index contributed by atoms with van der Waals surface area (Å²) < 4.78 is 0.982. The van der Waals surface area contributed by atoms with E-state index in [2.05, 4.69) is 15.9 Å². The molecule has 0 aliphatic heterocycles. The summed E-state index contributed by atoms with van der Waals surface area (Å²) in [7, 11) is 0. The standard InChI is InChI=1S/C10H9BrO2/c11-7-2-3-8-6(5-7)1-4-9(12)10(8)13/h2-3,5,9,12H,1,4H2. The predicted molar refractivity (Wildman–Crippen MR) is 52.8 cm³/mol. The van der Waals surface area contributed by atoms with E-state index in [1.54, 1.807) is 6.07 Å². The van der Waals surface area contributed by atoms with Gasteiger partial charge in [0.15, 0.2) is 5.78 Å². The summed E-state index contributed by atoms with van der Waals surface area (Å²) in [5, 5.41) is 9.33. The van der Waals surface area contributed by atoms with Gasteiger partial charge in [-0.1, -0.05) is 15.9 Å². The van der Waals surface area contributed by atoms with Crippen molar-refractivity contribution in [3.05, 3.63) is 33.8 Å². The molecule has 0 amide bonds. The molecule has 1 aromatic carbocycles. The Balaban J connectivity index is 2.50. The highest BCUT2D eigenvalue weighted by Gasteiger charge is 2.24. The van der Waals surface area contributed by atoms with E-state index in [0.717, 1.165) is 16.5 Å². The van der Waals surface area contributed by atoms with Crippen LogP contribution in [0.25, 0.3) is 0 Å². The zero-order valence-electron chi connectivity index (χ0n) is 6.96. The number of hydrogen-bond donors (Lipinski definition) is 1. The van der Waals surface area contributed by atoms with Gasteiger partial charge in [-0.05, 0) is 36.6 Å². The number of ketones is 1. The lowest BCUT2D eigenvalue weighted by atomic mass is 9.89. The first kappa shape index (κ1) is 8.91. The van der Waals surface area contributed by atoms with Crippen molar-refractivity contribution in [2.45, 2.75) is 18.9 Å². The Kier molecular flexibility index (Phi) is 2.22. The maximum absolute atomic E-state index is 11.5. The molecule has 0 fully saturated rings. The van der Waals surface area contributed by atoms with Gasteiger partial charge in [0.1, 0.15) is 6.10 Å². The molecule has 1 unspecified atom stereocenters. The van der Waals surface area contributed by atoms with Crippen LogP contribution in [0, 0.1) is 0 Å². The number of aliphatic hydroxyl groups excluding tert-OH is 1. The summed E-state index contributed by atoms with van der Waals surface area (Å²) in [5.74, 6) is -0.145. The van der Waals surface area contributed by atoms with Gasteiger partial charge in [0.25, 0.3) is 0 Å². The number of carbonyl (C=O) groups excluding carboxylic acids is 1. The van der Waals surface area contributed by atoms with Gasteiger partial charge >= 0.3 is 0 Å². The molecular weight excluding hydrogens is 232 g/mol. The third kappa shape index (κ3) is 1.54. The minimum atomic E-state index is -0.798. The van der Waals surface area contributed by atoms with Crippen LogP contribution in [-0.4, -0.2) is 17.0 Å². The molecule has 0 radical (unpaired) electrons. The van der Waals surface area contributed by atoms with E-state index in [9.17, 15) is 9.90 Å². The van der Waals surface area contributed by atoms with Crippen molar-refractivity contribution < 1.29 is 9.90 Å². The molecule has 0 saturated heterocycles. The Morgan fingerprint density at radius 2 is 2.23 bits per heavy atom. The van der Waals surface area contributed by atoms with Crippen molar-refractivity contribution in [1.82, 2.24) is 0 Å². The van der Waals surface area contributed by atoms with E-state index < -0.39 is 6.10 Å². The van der Waals surface area contributed by atoms with Gasteiger partial charge in [0, 0.05) is 10.0 Å². The number of benzene rings is 1. The Labute approximate surface area is 84.7 Å². The Bertz CT molecular complexity index is 360. The summed E-state index contributed by atoms with van der Waals surface area (Å²) in [4.78, 5) is 11.5. The Morgan fingerprint density at radius 3 is 3.00 bits per heavy atom. The SMILES string of the molecule is O=C1c2ccc(Br)cc2CCC1O. The lowest BCUT2D eigenvalue weighted by Gasteiger charge is -2.19. The number of hydrogen-bond acceptors (Lipinski definition) is 2. The van der Waals surface area contributed by atoms with Crippen LogP contribution in [0.1, 0.15) is 22.3 Å². The fraction of sp³-hybridized carbons (Fsp3) is 0.300. The first-order valence-electron chi connectivity index (χ1n) is 4.19. The molecule has 0 bridgehead atoms. The minimum absolute atomic E-state index is 0.145. The quantitative estimate of drug-likeness (QED) is 0.753. The van der Waals surface area contributed by atoms with Gasteiger partial charge in [-0.15, -0.1) is 0 Å². The molecule has 13 heavy (non-hydrogen) atoms. The molecule has 0 heterocycles. The van der Waals surface area contributed by atoms with Crippen LogP contribution in [0.2, 0.25) is 0 Å². The molecule has 2 rings (SSSR count). The van der Waals surface area contributed by atoms with E-state index in [-0.39, 0.29) is 5.78 Å². The van der Waals surface area contributed by atoms with E-state index in [1.807, 2.05) is 12.1 Å². The van der Waals surface area contributed by atoms with E-state index in [4.69, 9.17) is 0 Å². The van der Waals surface area contributed by atoms with Crippen LogP contribution in [0.3, 0.4) is 0 Å². The number of fused-ring (bicyclic) bond motifs is 1. The Morgan fingerprint density at radius 1 is 1.46 bits per heavy atom. The van der Waals surface area contributed by atoms with Crippen LogP contribution in [0.5, 0.6) is 0 Å². The van der Waals surface area contributed by atoms with Crippen molar-refractivity contribution >= 4 is 21.7 Å². The smallest absolute Gasteiger partial charge is 0.191 e. The average Bonchev–Trinajstić information content (AvgIpc) is 2.12. The third-order valence-electron chi connectivity index (χ3n) is 2.32. The van der Waals surface area contributed by atoms with Gasteiger partial charge in [0.05, 0.1) is 0 Å². The first-order valence-corrected chi connectivity index (χ1v) is 4.98. The van der Waals surface area contributed by atoms with Gasteiger partial charge in [-0.25, -0.2) is 0 Å². The highest BCUT2D eigenvalue weighted by atomic mass is 79.9. The molecule has 0 saturated carbocycles. The van der Waals surface area contributed by atoms with Crippen molar-refractivity contribution in [2.75, 3.05) is 0 Å². The number of Topliss-reactive ketones (excluding diaryl/α,β-unsaturated/α-hetero) is 1. The summed E-state index contributed by atoms with van der Waals surface area (Å²) in [6.07, 6.45) is 0.526. The lowest BCUT2D eigenvalue weighted by Crippen LogP contribution is -2.26. The zero-order valence-corrected chi connectivity index (χ0v) is 8.54. The van der Waals surface area contributed by atoms with Crippen molar-refractivity contribution in [2.24, 2.45) is 0 Å². The van der Waals surface area contributed by atoms with Crippen LogP contribution < -0.4 is 0 Å². The second kappa shape index (κ2) is 3.24. The summed E-state index contributed by atoms with van der Waals surface area (Å²) >= 11 is 3.35. The number of aryl methyl sites for hydroxylation is 1. The van der Waals surface area contributed by atoms with Gasteiger partial charge in [-0.2, -0.15) is 0 Å². The lowest BCUT2D eigenvalue weighted by molar-refractivity contribution is 0.0712. The highest BCUT2D eigenvalue weighted by Crippen LogP contribution is 2.24. The van der Waals surface area contributed by atoms with Gasteiger partial charge in [0.2, 0.25) is 0 Å². The molecular formula is C10H9BrO2. The van der Waals surface area contributed by atoms with Gasteiger partial charge in [-0.3, -0.25) is 4.79 Å². The fourth-order valence-corrected chi connectivity index (χ4v) is 2.02. The molecule has 1 aromatic rings. The monoisotopic (exact) mass is 240 g/mol. The molecule has 1 aliphatic rings. The first-order chi connectivity index (χ1) is 6.18. The molecule has 3 heteroatoms. The fourth-order valence-electron chi connectivity index (χ4n) is 1.61. The maximum atomic E-state index is 11.5. The van der Waals surface area contributed by atoms with Crippen LogP contribution in [0.15, 0.2) is 22.7 Å². The van der Waals surface area contributed by atoms with Crippen LogP contribution in [0.4, 0.5) is 0 Å². The minimum Gasteiger partial charge on any atom is -0.385 e. The second-order valence-corrected chi connectivity index (χ2v) is 4.14. The molecule has 0 aromatic heterocycles. The van der Waals surface area contributed by atoms with Crippen molar-refractivity contribution in [3.8, 4) is 0 Å².